The van der Waals surface area contributed by atoms with Gasteiger partial charge < -0.3 is 15.3 Å². The highest BCUT2D eigenvalue weighted by molar-refractivity contribution is 5.82. The summed E-state index contributed by atoms with van der Waals surface area (Å²) >= 11 is 0. The highest BCUT2D eigenvalue weighted by atomic mass is 16.4. The molecule has 0 rings (SSSR count). The molecule has 6 nitrogen and oxygen atoms in total. The molecule has 0 bridgehead atoms. The van der Waals surface area contributed by atoms with E-state index in [0.717, 1.165) is 0 Å². The maximum atomic E-state index is 11.6. The molecule has 0 aromatic rings. The molecule has 0 fully saturated rings. The summed E-state index contributed by atoms with van der Waals surface area (Å²) in [5.41, 5.74) is 0. The summed E-state index contributed by atoms with van der Waals surface area (Å²) in [6.07, 6.45) is 0.948. The molecule has 2 amide bonds. The zero-order valence-electron chi connectivity index (χ0n) is 10.4. The summed E-state index contributed by atoms with van der Waals surface area (Å²) in [7, 11) is 0. The molecule has 6 heteroatoms. The van der Waals surface area contributed by atoms with Crippen LogP contribution in [0.2, 0.25) is 0 Å². The fraction of sp³-hybridized carbons (Fsp3) is 0.727. The van der Waals surface area contributed by atoms with Crippen LogP contribution in [0.4, 0.5) is 0 Å². The van der Waals surface area contributed by atoms with Gasteiger partial charge in [0.2, 0.25) is 11.8 Å². The van der Waals surface area contributed by atoms with Crippen LogP contribution in [-0.2, 0) is 14.4 Å². The summed E-state index contributed by atoms with van der Waals surface area (Å²) < 4.78 is 0. The zero-order chi connectivity index (χ0) is 13.3. The van der Waals surface area contributed by atoms with Crippen molar-refractivity contribution in [2.75, 3.05) is 19.6 Å². The smallest absolute Gasteiger partial charge is 0.323 e. The predicted molar refractivity (Wildman–Crippen MR) is 62.4 cm³/mol. The van der Waals surface area contributed by atoms with E-state index in [4.69, 9.17) is 5.11 Å². The molecule has 0 aliphatic carbocycles. The van der Waals surface area contributed by atoms with E-state index in [9.17, 15) is 14.4 Å². The number of carbonyl (C=O) groups is 3. The topological polar surface area (TPSA) is 86.7 Å². The van der Waals surface area contributed by atoms with Crippen LogP contribution < -0.4 is 5.32 Å². The Morgan fingerprint density at radius 3 is 2.29 bits per heavy atom. The molecule has 0 saturated heterocycles. The maximum Gasteiger partial charge on any atom is 0.323 e. The normalized spacial score (nSPS) is 9.76. The number of hydrogen-bond donors (Lipinski definition) is 2. The van der Waals surface area contributed by atoms with Crippen LogP contribution in [0.5, 0.6) is 0 Å². The van der Waals surface area contributed by atoms with Crippen molar-refractivity contribution in [2.24, 2.45) is 0 Å². The fourth-order valence-corrected chi connectivity index (χ4v) is 1.38. The van der Waals surface area contributed by atoms with Crippen LogP contribution >= 0.6 is 0 Å². The summed E-state index contributed by atoms with van der Waals surface area (Å²) in [4.78, 5) is 34.4. The predicted octanol–water partition coefficient (Wildman–Crippen LogP) is 0.226. The van der Waals surface area contributed by atoms with E-state index in [2.05, 4.69) is 5.32 Å². The number of aliphatic carboxylic acids is 1. The Kier molecular flexibility index (Phi) is 7.75. The van der Waals surface area contributed by atoms with Crippen molar-refractivity contribution in [3.63, 3.8) is 0 Å². The molecular formula is C11H20N2O4. The molecule has 98 valence electrons. The zero-order valence-corrected chi connectivity index (χ0v) is 10.4. The molecule has 0 aromatic heterocycles. The van der Waals surface area contributed by atoms with Gasteiger partial charge in [-0.15, -0.1) is 0 Å². The molecule has 0 unspecified atom stereocenters. The van der Waals surface area contributed by atoms with Gasteiger partial charge in [0.15, 0.2) is 0 Å². The first kappa shape index (κ1) is 15.4. The standard InChI is InChI=1S/C11H20N2O4/c1-3-12-9(14)6-5-7-10(15)13(4-2)8-11(16)17/h3-8H2,1-2H3,(H,12,14)(H,16,17). The first-order valence-corrected chi connectivity index (χ1v) is 5.77. The number of carboxylic acids is 1. The van der Waals surface area contributed by atoms with Crippen molar-refractivity contribution in [1.82, 2.24) is 10.2 Å². The Labute approximate surface area is 101 Å². The first-order chi connectivity index (χ1) is 8.01. The van der Waals surface area contributed by atoms with Gasteiger partial charge in [0.1, 0.15) is 6.54 Å². The van der Waals surface area contributed by atoms with Gasteiger partial charge in [0.05, 0.1) is 0 Å². The van der Waals surface area contributed by atoms with E-state index >= 15 is 0 Å². The van der Waals surface area contributed by atoms with Crippen LogP contribution in [0.3, 0.4) is 0 Å². The lowest BCUT2D eigenvalue weighted by atomic mass is 10.2. The van der Waals surface area contributed by atoms with Crippen molar-refractivity contribution in [3.8, 4) is 0 Å². The Bertz CT molecular complexity index is 279. The summed E-state index contributed by atoms with van der Waals surface area (Å²) in [6.45, 7) is 4.22. The van der Waals surface area contributed by atoms with Crippen LogP contribution in [0, 0.1) is 0 Å². The van der Waals surface area contributed by atoms with E-state index < -0.39 is 5.97 Å². The van der Waals surface area contributed by atoms with Gasteiger partial charge in [-0.2, -0.15) is 0 Å². The molecule has 0 radical (unpaired) electrons. The molecule has 0 spiro atoms. The van der Waals surface area contributed by atoms with Gasteiger partial charge in [-0.3, -0.25) is 14.4 Å². The van der Waals surface area contributed by atoms with Gasteiger partial charge in [0.25, 0.3) is 0 Å². The molecule has 2 N–H and O–H groups in total. The minimum Gasteiger partial charge on any atom is -0.480 e. The average molecular weight is 244 g/mol. The lowest BCUT2D eigenvalue weighted by Gasteiger charge is -2.18. The molecule has 17 heavy (non-hydrogen) atoms. The quantitative estimate of drug-likeness (QED) is 0.639. The second kappa shape index (κ2) is 8.55. The van der Waals surface area contributed by atoms with E-state index in [1.807, 2.05) is 6.92 Å². The SMILES string of the molecule is CCNC(=O)CCCC(=O)N(CC)CC(=O)O. The molecular weight excluding hydrogens is 224 g/mol. The van der Waals surface area contributed by atoms with Crippen molar-refractivity contribution in [2.45, 2.75) is 33.1 Å². The number of rotatable bonds is 8. The molecule has 0 aromatic carbocycles. The number of nitrogens with zero attached hydrogens (tertiary/aromatic N) is 1. The molecule has 0 heterocycles. The highest BCUT2D eigenvalue weighted by Crippen LogP contribution is 2.01. The Hall–Kier alpha value is -1.59. The molecule has 0 atom stereocenters. The van der Waals surface area contributed by atoms with Crippen LogP contribution in [0.15, 0.2) is 0 Å². The van der Waals surface area contributed by atoms with Crippen molar-refractivity contribution in [3.05, 3.63) is 0 Å². The number of likely N-dealkylation sites (N-methyl/N-ethyl adjacent to an activating group) is 1. The van der Waals surface area contributed by atoms with Gasteiger partial charge in [-0.25, -0.2) is 0 Å². The van der Waals surface area contributed by atoms with Crippen molar-refractivity contribution in [1.29, 1.82) is 0 Å². The second-order valence-electron chi connectivity index (χ2n) is 3.61. The summed E-state index contributed by atoms with van der Waals surface area (Å²) in [5, 5.41) is 11.2. The molecule has 0 saturated carbocycles. The van der Waals surface area contributed by atoms with E-state index in [0.29, 0.717) is 25.9 Å². The maximum absolute atomic E-state index is 11.6. The lowest BCUT2D eigenvalue weighted by Crippen LogP contribution is -2.35. The van der Waals surface area contributed by atoms with Crippen LogP contribution in [0.25, 0.3) is 0 Å². The number of nitrogens with one attached hydrogen (secondary N) is 1. The van der Waals surface area contributed by atoms with Crippen LogP contribution in [0.1, 0.15) is 33.1 Å². The highest BCUT2D eigenvalue weighted by Gasteiger charge is 2.14. The second-order valence-corrected chi connectivity index (χ2v) is 3.61. The number of hydrogen-bond acceptors (Lipinski definition) is 3. The largest absolute Gasteiger partial charge is 0.480 e. The monoisotopic (exact) mass is 244 g/mol. The fourth-order valence-electron chi connectivity index (χ4n) is 1.38. The number of carbonyl (C=O) groups excluding carboxylic acids is 2. The van der Waals surface area contributed by atoms with E-state index in [-0.39, 0.29) is 24.8 Å². The third kappa shape index (κ3) is 7.32. The Morgan fingerprint density at radius 1 is 1.18 bits per heavy atom. The summed E-state index contributed by atoms with van der Waals surface area (Å²) in [5.74, 6) is -1.33. The number of carboxylic acid groups (broad SMARTS) is 1. The minimum absolute atomic E-state index is 0.0819. The Morgan fingerprint density at radius 2 is 1.82 bits per heavy atom. The minimum atomic E-state index is -1.02. The third-order valence-corrected chi connectivity index (χ3v) is 2.23. The number of amides is 2. The first-order valence-electron chi connectivity index (χ1n) is 5.77. The average Bonchev–Trinajstić information content (AvgIpc) is 2.25. The Balaban J connectivity index is 3.90. The van der Waals surface area contributed by atoms with Crippen LogP contribution in [-0.4, -0.2) is 47.4 Å². The molecule has 0 aliphatic rings. The van der Waals surface area contributed by atoms with E-state index in [1.54, 1.807) is 6.92 Å². The van der Waals surface area contributed by atoms with Gasteiger partial charge >= 0.3 is 5.97 Å². The van der Waals surface area contributed by atoms with Gasteiger partial charge in [-0.05, 0) is 20.3 Å². The van der Waals surface area contributed by atoms with Gasteiger partial charge in [-0.1, -0.05) is 0 Å². The van der Waals surface area contributed by atoms with E-state index in [1.165, 1.54) is 4.90 Å². The summed E-state index contributed by atoms with van der Waals surface area (Å²) in [6, 6.07) is 0. The van der Waals surface area contributed by atoms with Crippen molar-refractivity contribution < 1.29 is 19.5 Å². The molecule has 0 aliphatic heterocycles. The third-order valence-electron chi connectivity index (χ3n) is 2.23. The van der Waals surface area contributed by atoms with Crippen molar-refractivity contribution >= 4 is 17.8 Å². The van der Waals surface area contributed by atoms with Gasteiger partial charge in [0, 0.05) is 25.9 Å². The lowest BCUT2D eigenvalue weighted by molar-refractivity contribution is -0.144.